The topological polar surface area (TPSA) is 62.8 Å². The molecule has 1 aliphatic rings. The van der Waals surface area contributed by atoms with Crippen LogP contribution in [0, 0.1) is 0 Å². The van der Waals surface area contributed by atoms with Gasteiger partial charge in [-0.05, 0) is 44.5 Å². The Balaban J connectivity index is 1.30. The zero-order chi connectivity index (χ0) is 28.3. The average molecular weight is 553 g/mol. The van der Waals surface area contributed by atoms with E-state index in [1.807, 2.05) is 36.4 Å². The number of benzene rings is 6. The summed E-state index contributed by atoms with van der Waals surface area (Å²) in [5, 5.41) is 12.9. The zero-order valence-electron chi connectivity index (χ0n) is 23.0. The molecular weight excluding hydrogens is 528 g/mol. The van der Waals surface area contributed by atoms with E-state index in [2.05, 4.69) is 95.2 Å². The van der Waals surface area contributed by atoms with Crippen LogP contribution in [0.15, 0.2) is 148 Å². The molecule has 0 radical (unpaired) electrons. The Morgan fingerprint density at radius 2 is 1.33 bits per heavy atom. The number of hydrogen-bond acceptors (Lipinski definition) is 5. The maximum absolute atomic E-state index is 6.17. The van der Waals surface area contributed by atoms with Crippen molar-refractivity contribution in [3.63, 3.8) is 0 Å². The van der Waals surface area contributed by atoms with E-state index < -0.39 is 6.17 Å². The first-order valence-corrected chi connectivity index (χ1v) is 14.4. The summed E-state index contributed by atoms with van der Waals surface area (Å²) in [7, 11) is 0. The maximum Gasteiger partial charge on any atom is 0.170 e. The van der Waals surface area contributed by atoms with E-state index in [0.717, 1.165) is 55.7 Å². The first-order chi connectivity index (χ1) is 21.3. The number of rotatable bonds is 3. The summed E-state index contributed by atoms with van der Waals surface area (Å²) >= 11 is 0. The van der Waals surface area contributed by atoms with Crippen molar-refractivity contribution in [2.24, 2.45) is 9.98 Å². The van der Waals surface area contributed by atoms with Gasteiger partial charge in [0.2, 0.25) is 0 Å². The van der Waals surface area contributed by atoms with E-state index >= 15 is 0 Å². The molecule has 6 aromatic carbocycles. The van der Waals surface area contributed by atoms with Crippen LogP contribution in [0.1, 0.15) is 22.9 Å². The second-order valence-corrected chi connectivity index (χ2v) is 10.9. The fraction of sp³-hybridized carbons (Fsp3) is 0.0263. The number of furan rings is 1. The Bertz CT molecular complexity index is 2440. The fourth-order valence-electron chi connectivity index (χ4n) is 6.46. The van der Waals surface area contributed by atoms with Crippen LogP contribution < -0.4 is 5.32 Å². The predicted octanol–water partition coefficient (Wildman–Crippen LogP) is 8.94. The van der Waals surface area contributed by atoms with Crippen LogP contribution in [0.2, 0.25) is 0 Å². The summed E-state index contributed by atoms with van der Waals surface area (Å²) in [6, 6.07) is 42.3. The number of fused-ring (bicyclic) bond motifs is 8. The third-order valence-corrected chi connectivity index (χ3v) is 8.42. The lowest BCUT2D eigenvalue weighted by molar-refractivity contribution is 0.667. The van der Waals surface area contributed by atoms with Gasteiger partial charge in [0, 0.05) is 33.7 Å². The molecule has 43 heavy (non-hydrogen) atoms. The van der Waals surface area contributed by atoms with Gasteiger partial charge in [0.1, 0.15) is 17.3 Å². The van der Waals surface area contributed by atoms with Crippen LogP contribution in [0.3, 0.4) is 0 Å². The van der Waals surface area contributed by atoms with Gasteiger partial charge in [0.15, 0.2) is 11.7 Å². The molecule has 202 valence electrons. The van der Waals surface area contributed by atoms with Crippen molar-refractivity contribution < 1.29 is 4.42 Å². The van der Waals surface area contributed by atoms with E-state index in [-0.39, 0.29) is 0 Å². The number of amidine groups is 2. The minimum Gasteiger partial charge on any atom is -0.454 e. The van der Waals surface area contributed by atoms with Crippen LogP contribution >= 0.6 is 0 Å². The minimum atomic E-state index is -0.447. The molecule has 0 saturated carbocycles. The molecule has 1 unspecified atom stereocenters. The van der Waals surface area contributed by atoms with Crippen LogP contribution in [-0.2, 0) is 0 Å². The van der Waals surface area contributed by atoms with Crippen LogP contribution in [0.4, 0.5) is 0 Å². The Morgan fingerprint density at radius 1 is 0.535 bits per heavy atom. The summed E-state index contributed by atoms with van der Waals surface area (Å²) in [6.45, 7) is 0. The van der Waals surface area contributed by atoms with Gasteiger partial charge in [-0.3, -0.25) is 4.98 Å². The Hall–Kier alpha value is -5.81. The van der Waals surface area contributed by atoms with Gasteiger partial charge in [-0.2, -0.15) is 0 Å². The molecule has 5 heteroatoms. The first kappa shape index (κ1) is 23.9. The lowest BCUT2D eigenvalue weighted by Crippen LogP contribution is -2.36. The molecule has 1 atom stereocenters. The van der Waals surface area contributed by atoms with E-state index in [1.165, 1.54) is 26.9 Å². The largest absolute Gasteiger partial charge is 0.454 e. The first-order valence-electron chi connectivity index (χ1n) is 14.4. The third kappa shape index (κ3) is 3.75. The minimum absolute atomic E-state index is 0.447. The molecule has 3 heterocycles. The number of nitrogens with one attached hydrogen (secondary N) is 1. The summed E-state index contributed by atoms with van der Waals surface area (Å²) in [5.41, 5.74) is 4.59. The van der Waals surface area contributed by atoms with Crippen molar-refractivity contribution in [3.05, 3.63) is 150 Å². The van der Waals surface area contributed by atoms with E-state index in [0.29, 0.717) is 0 Å². The highest BCUT2D eigenvalue weighted by atomic mass is 16.3. The molecule has 9 rings (SSSR count). The molecule has 2 aromatic heterocycles. The molecule has 0 aliphatic carbocycles. The van der Waals surface area contributed by atoms with Crippen LogP contribution in [0.5, 0.6) is 0 Å². The summed E-state index contributed by atoms with van der Waals surface area (Å²) < 4.78 is 6.17. The summed E-state index contributed by atoms with van der Waals surface area (Å²) in [5.74, 6) is 1.54. The van der Waals surface area contributed by atoms with Crippen molar-refractivity contribution in [1.29, 1.82) is 0 Å². The number of pyridine rings is 1. The van der Waals surface area contributed by atoms with E-state index in [9.17, 15) is 0 Å². The van der Waals surface area contributed by atoms with Crippen LogP contribution in [-0.4, -0.2) is 16.7 Å². The lowest BCUT2D eigenvalue weighted by Gasteiger charge is -2.23. The molecule has 1 N–H and O–H groups in total. The molecule has 0 bridgehead atoms. The molecule has 0 saturated heterocycles. The molecule has 5 nitrogen and oxygen atoms in total. The number of hydrogen-bond donors (Lipinski definition) is 1. The summed E-state index contributed by atoms with van der Waals surface area (Å²) in [6.07, 6.45) is 3.12. The second kappa shape index (κ2) is 9.36. The second-order valence-electron chi connectivity index (χ2n) is 10.9. The van der Waals surface area contributed by atoms with Gasteiger partial charge in [0.25, 0.3) is 0 Å². The Kier molecular flexibility index (Phi) is 5.19. The van der Waals surface area contributed by atoms with Crippen LogP contribution in [0.25, 0.3) is 54.3 Å². The van der Waals surface area contributed by atoms with E-state index in [4.69, 9.17) is 14.4 Å². The van der Waals surface area contributed by atoms with Gasteiger partial charge in [-0.25, -0.2) is 9.98 Å². The van der Waals surface area contributed by atoms with Gasteiger partial charge in [-0.1, -0.05) is 109 Å². The van der Waals surface area contributed by atoms with Crippen molar-refractivity contribution in [3.8, 4) is 0 Å². The van der Waals surface area contributed by atoms with Crippen molar-refractivity contribution >= 4 is 65.9 Å². The fourth-order valence-corrected chi connectivity index (χ4v) is 6.46. The molecular formula is C38H24N4O. The molecule has 8 aromatic rings. The Morgan fingerprint density at radius 3 is 2.28 bits per heavy atom. The zero-order valence-corrected chi connectivity index (χ0v) is 23.0. The monoisotopic (exact) mass is 552 g/mol. The van der Waals surface area contributed by atoms with Crippen molar-refractivity contribution in [1.82, 2.24) is 10.3 Å². The molecule has 0 fully saturated rings. The molecule has 0 spiro atoms. The van der Waals surface area contributed by atoms with Gasteiger partial charge in [0.05, 0.1) is 6.20 Å². The third-order valence-electron chi connectivity index (χ3n) is 8.42. The SMILES string of the molecule is c1ccc(C2=NC(c3cccc4c3ccc3ccc5ccccc5c34)N=C(c3cccc4oc5cnccc5c34)N2)cc1. The lowest BCUT2D eigenvalue weighted by atomic mass is 9.93. The summed E-state index contributed by atoms with van der Waals surface area (Å²) in [4.78, 5) is 14.8. The Labute approximate surface area is 246 Å². The van der Waals surface area contributed by atoms with E-state index in [1.54, 1.807) is 12.4 Å². The molecule has 0 amide bonds. The highest BCUT2D eigenvalue weighted by molar-refractivity contribution is 6.24. The maximum atomic E-state index is 6.17. The quantitative estimate of drug-likeness (QED) is 0.223. The number of aromatic nitrogens is 1. The highest BCUT2D eigenvalue weighted by Crippen LogP contribution is 2.38. The van der Waals surface area contributed by atoms with Gasteiger partial charge >= 0.3 is 0 Å². The highest BCUT2D eigenvalue weighted by Gasteiger charge is 2.24. The number of aliphatic imine (C=N–C) groups is 2. The van der Waals surface area contributed by atoms with Gasteiger partial charge < -0.3 is 9.73 Å². The average Bonchev–Trinajstić information content (AvgIpc) is 3.47. The molecule has 1 aliphatic heterocycles. The standard InChI is InChI=1S/C38H24N4O/c1-2-9-25(10-3-1)36-40-37(42-38(41-36)31-14-7-15-32-35(31)30-20-21-39-22-33(30)43-32)29-13-6-12-28-27(29)19-18-24-17-16-23-8-4-5-11-26(23)34(24)28/h1-22,37H,(H,40,41,42). The normalized spacial score (nSPS) is 15.2. The predicted molar refractivity (Wildman–Crippen MR) is 176 cm³/mol. The van der Waals surface area contributed by atoms with Crippen molar-refractivity contribution in [2.45, 2.75) is 6.17 Å². The van der Waals surface area contributed by atoms with Gasteiger partial charge in [-0.15, -0.1) is 0 Å². The van der Waals surface area contributed by atoms with Crippen molar-refractivity contribution in [2.75, 3.05) is 0 Å². The smallest absolute Gasteiger partial charge is 0.170 e. The number of nitrogens with zero attached hydrogens (tertiary/aromatic N) is 3.